The van der Waals surface area contributed by atoms with Crippen molar-refractivity contribution in [3.8, 4) is 0 Å². The summed E-state index contributed by atoms with van der Waals surface area (Å²) in [5.41, 5.74) is 0.801. The zero-order valence-corrected chi connectivity index (χ0v) is 10.8. The molecule has 1 aromatic rings. The second-order valence-corrected chi connectivity index (χ2v) is 5.03. The fraction of sp³-hybridized carbons (Fsp3) is 0.571. The standard InChI is InChI=1S/C14H18O3/c1-5-14(4)11(15)7-6-10-12(16)8(2)9(3)17-13(10)14/h5-7H2,1-4H3/t14-/m0/s1. The van der Waals surface area contributed by atoms with Crippen LogP contribution in [0.4, 0.5) is 0 Å². The predicted octanol–water partition coefficient (Wildman–Crippen LogP) is 2.44. The fourth-order valence-electron chi connectivity index (χ4n) is 2.45. The summed E-state index contributed by atoms with van der Waals surface area (Å²) < 4.78 is 5.77. The monoisotopic (exact) mass is 234 g/mol. The van der Waals surface area contributed by atoms with Gasteiger partial charge in [-0.2, -0.15) is 0 Å². The number of ketones is 1. The second kappa shape index (κ2) is 3.83. The van der Waals surface area contributed by atoms with Crippen LogP contribution in [-0.2, 0) is 16.6 Å². The maximum Gasteiger partial charge on any atom is 0.191 e. The molecule has 1 atom stereocenters. The van der Waals surface area contributed by atoms with Gasteiger partial charge < -0.3 is 4.42 Å². The van der Waals surface area contributed by atoms with Crippen molar-refractivity contribution >= 4 is 5.78 Å². The molecule has 0 aliphatic heterocycles. The highest BCUT2D eigenvalue weighted by molar-refractivity contribution is 5.91. The van der Waals surface area contributed by atoms with E-state index in [0.29, 0.717) is 41.9 Å². The molecule has 0 unspecified atom stereocenters. The molecule has 17 heavy (non-hydrogen) atoms. The van der Waals surface area contributed by atoms with E-state index in [1.54, 1.807) is 13.8 Å². The zero-order valence-electron chi connectivity index (χ0n) is 10.8. The molecule has 2 rings (SSSR count). The molecule has 0 aromatic carbocycles. The number of hydrogen-bond donors (Lipinski definition) is 0. The molecule has 0 saturated heterocycles. The molecular formula is C14H18O3. The van der Waals surface area contributed by atoms with Crippen LogP contribution < -0.4 is 5.43 Å². The number of carbonyl (C=O) groups excluding carboxylic acids is 1. The lowest BCUT2D eigenvalue weighted by Crippen LogP contribution is -2.39. The van der Waals surface area contributed by atoms with Gasteiger partial charge in [-0.15, -0.1) is 0 Å². The topological polar surface area (TPSA) is 47.3 Å². The highest BCUT2D eigenvalue weighted by Gasteiger charge is 2.41. The summed E-state index contributed by atoms with van der Waals surface area (Å²) in [5.74, 6) is 1.41. The van der Waals surface area contributed by atoms with Crippen LogP contribution in [0.15, 0.2) is 9.21 Å². The molecule has 0 amide bonds. The lowest BCUT2D eigenvalue weighted by Gasteiger charge is -2.31. The Balaban J connectivity index is 2.78. The van der Waals surface area contributed by atoms with Gasteiger partial charge in [0.1, 0.15) is 17.3 Å². The number of hydrogen-bond acceptors (Lipinski definition) is 3. The van der Waals surface area contributed by atoms with E-state index in [1.807, 2.05) is 13.8 Å². The minimum atomic E-state index is -0.620. The van der Waals surface area contributed by atoms with Gasteiger partial charge in [-0.25, -0.2) is 0 Å². The zero-order chi connectivity index (χ0) is 12.8. The van der Waals surface area contributed by atoms with E-state index in [1.165, 1.54) is 0 Å². The van der Waals surface area contributed by atoms with Crippen molar-refractivity contribution in [2.24, 2.45) is 0 Å². The van der Waals surface area contributed by atoms with Crippen molar-refractivity contribution in [2.75, 3.05) is 0 Å². The Morgan fingerprint density at radius 2 is 1.88 bits per heavy atom. The van der Waals surface area contributed by atoms with E-state index < -0.39 is 5.41 Å². The average Bonchev–Trinajstić information content (AvgIpc) is 2.32. The minimum Gasteiger partial charge on any atom is -0.464 e. The fourth-order valence-corrected chi connectivity index (χ4v) is 2.45. The van der Waals surface area contributed by atoms with Crippen LogP contribution in [-0.4, -0.2) is 5.78 Å². The number of carbonyl (C=O) groups is 1. The first-order valence-corrected chi connectivity index (χ1v) is 6.08. The third kappa shape index (κ3) is 1.56. The van der Waals surface area contributed by atoms with E-state index in [4.69, 9.17) is 4.42 Å². The summed E-state index contributed by atoms with van der Waals surface area (Å²) in [6.45, 7) is 7.40. The van der Waals surface area contributed by atoms with E-state index in [-0.39, 0.29) is 11.2 Å². The van der Waals surface area contributed by atoms with Crippen LogP contribution in [0.25, 0.3) is 0 Å². The molecule has 0 saturated carbocycles. The first-order chi connectivity index (χ1) is 7.91. The lowest BCUT2D eigenvalue weighted by molar-refractivity contribution is -0.125. The molecule has 1 heterocycles. The van der Waals surface area contributed by atoms with Crippen LogP contribution in [0, 0.1) is 13.8 Å². The first kappa shape index (κ1) is 12.1. The summed E-state index contributed by atoms with van der Waals surface area (Å²) in [4.78, 5) is 24.2. The molecule has 3 nitrogen and oxygen atoms in total. The molecule has 0 radical (unpaired) electrons. The normalized spacial score (nSPS) is 23.6. The van der Waals surface area contributed by atoms with Gasteiger partial charge in [0.05, 0.1) is 5.41 Å². The molecule has 0 fully saturated rings. The Hall–Kier alpha value is -1.38. The Morgan fingerprint density at radius 3 is 2.47 bits per heavy atom. The Labute approximate surface area is 101 Å². The summed E-state index contributed by atoms with van der Waals surface area (Å²) in [7, 11) is 0. The molecule has 0 spiro atoms. The smallest absolute Gasteiger partial charge is 0.191 e. The minimum absolute atomic E-state index is 0.0518. The molecule has 3 heteroatoms. The molecule has 0 bridgehead atoms. The highest BCUT2D eigenvalue weighted by Crippen LogP contribution is 2.36. The number of fused-ring (bicyclic) bond motifs is 1. The first-order valence-electron chi connectivity index (χ1n) is 6.08. The molecular weight excluding hydrogens is 216 g/mol. The third-order valence-corrected chi connectivity index (χ3v) is 4.10. The molecule has 1 aliphatic rings. The quantitative estimate of drug-likeness (QED) is 0.749. The van der Waals surface area contributed by atoms with E-state index in [9.17, 15) is 9.59 Å². The number of aryl methyl sites for hydroxylation is 1. The van der Waals surface area contributed by atoms with Crippen LogP contribution in [0.5, 0.6) is 0 Å². The van der Waals surface area contributed by atoms with Crippen LogP contribution in [0.3, 0.4) is 0 Å². The van der Waals surface area contributed by atoms with Crippen molar-refractivity contribution in [1.82, 2.24) is 0 Å². The highest BCUT2D eigenvalue weighted by atomic mass is 16.3. The van der Waals surface area contributed by atoms with Gasteiger partial charge >= 0.3 is 0 Å². The van der Waals surface area contributed by atoms with Gasteiger partial charge in [-0.1, -0.05) is 6.92 Å². The van der Waals surface area contributed by atoms with Gasteiger partial charge in [0.2, 0.25) is 0 Å². The summed E-state index contributed by atoms with van der Waals surface area (Å²) in [6, 6.07) is 0. The summed E-state index contributed by atoms with van der Waals surface area (Å²) in [5, 5.41) is 0. The van der Waals surface area contributed by atoms with Crippen LogP contribution >= 0.6 is 0 Å². The Bertz CT molecular complexity index is 539. The Morgan fingerprint density at radius 1 is 1.24 bits per heavy atom. The second-order valence-electron chi connectivity index (χ2n) is 5.03. The Kier molecular flexibility index (Phi) is 2.72. The van der Waals surface area contributed by atoms with Crippen molar-refractivity contribution in [1.29, 1.82) is 0 Å². The van der Waals surface area contributed by atoms with Crippen molar-refractivity contribution in [3.63, 3.8) is 0 Å². The van der Waals surface area contributed by atoms with Crippen LogP contribution in [0.1, 0.15) is 49.3 Å². The average molecular weight is 234 g/mol. The molecule has 0 N–H and O–H groups in total. The van der Waals surface area contributed by atoms with Crippen LogP contribution in [0.2, 0.25) is 0 Å². The molecule has 92 valence electrons. The predicted molar refractivity (Wildman–Crippen MR) is 65.4 cm³/mol. The van der Waals surface area contributed by atoms with Gasteiger partial charge in [-0.05, 0) is 33.6 Å². The summed E-state index contributed by atoms with van der Waals surface area (Å²) in [6.07, 6.45) is 1.64. The number of rotatable bonds is 1. The summed E-state index contributed by atoms with van der Waals surface area (Å²) >= 11 is 0. The van der Waals surface area contributed by atoms with Crippen molar-refractivity contribution in [3.05, 3.63) is 32.9 Å². The van der Waals surface area contributed by atoms with Gasteiger partial charge in [0, 0.05) is 17.5 Å². The van der Waals surface area contributed by atoms with Crippen molar-refractivity contribution in [2.45, 2.75) is 52.4 Å². The lowest BCUT2D eigenvalue weighted by atomic mass is 9.72. The van der Waals surface area contributed by atoms with Crippen molar-refractivity contribution < 1.29 is 9.21 Å². The van der Waals surface area contributed by atoms with E-state index in [2.05, 4.69) is 0 Å². The van der Waals surface area contributed by atoms with E-state index in [0.717, 1.165) is 0 Å². The largest absolute Gasteiger partial charge is 0.464 e. The maximum atomic E-state index is 12.2. The van der Waals surface area contributed by atoms with Gasteiger partial charge in [0.25, 0.3) is 0 Å². The maximum absolute atomic E-state index is 12.2. The SMILES string of the molecule is CC[C@@]1(C)C(=O)CCc2c1oc(C)c(C)c2=O. The van der Waals surface area contributed by atoms with Gasteiger partial charge in [0.15, 0.2) is 5.43 Å². The number of Topliss-reactive ketones (excluding diaryl/α,β-unsaturated/α-hetero) is 1. The van der Waals surface area contributed by atoms with Gasteiger partial charge in [-0.3, -0.25) is 9.59 Å². The molecule has 1 aliphatic carbocycles. The third-order valence-electron chi connectivity index (χ3n) is 4.10. The molecule has 1 aromatic heterocycles. The van der Waals surface area contributed by atoms with E-state index >= 15 is 0 Å².